The third-order valence-corrected chi connectivity index (χ3v) is 7.54. The first-order valence-corrected chi connectivity index (χ1v) is 14.1. The highest BCUT2D eigenvalue weighted by atomic mass is 79.9. The molecule has 4 rings (SSSR count). The molecular formula is C27H18BrCl2N3O5S. The van der Waals surface area contributed by atoms with Crippen LogP contribution < -0.4 is 14.9 Å². The highest BCUT2D eigenvalue weighted by molar-refractivity contribution is 9.10. The maximum atomic E-state index is 12.9. The molecule has 0 bridgehead atoms. The molecule has 0 atom stereocenters. The number of anilines is 1. The van der Waals surface area contributed by atoms with Crippen LogP contribution in [0.3, 0.4) is 0 Å². The number of sulfonamides is 1. The first-order chi connectivity index (χ1) is 18.6. The number of hydrogen-bond acceptors (Lipinski definition) is 6. The second-order valence-corrected chi connectivity index (χ2v) is 11.4. The molecule has 8 nitrogen and oxygen atoms in total. The van der Waals surface area contributed by atoms with E-state index in [4.69, 9.17) is 27.9 Å². The number of benzene rings is 4. The van der Waals surface area contributed by atoms with E-state index in [2.05, 4.69) is 31.2 Å². The van der Waals surface area contributed by atoms with Crippen LogP contribution in [0, 0.1) is 0 Å². The number of hydrogen-bond donors (Lipinski definition) is 2. The van der Waals surface area contributed by atoms with Crippen LogP contribution in [0.2, 0.25) is 10.0 Å². The molecule has 0 saturated carbocycles. The lowest BCUT2D eigenvalue weighted by Crippen LogP contribution is -2.21. The van der Waals surface area contributed by atoms with Gasteiger partial charge in [-0.2, -0.15) is 5.10 Å². The third-order valence-electron chi connectivity index (χ3n) is 5.16. The Kier molecular flexibility index (Phi) is 9.03. The summed E-state index contributed by atoms with van der Waals surface area (Å²) in [7, 11) is -3.98. The van der Waals surface area contributed by atoms with Crippen molar-refractivity contribution in [2.75, 3.05) is 4.72 Å². The van der Waals surface area contributed by atoms with Crippen molar-refractivity contribution in [1.82, 2.24) is 5.43 Å². The lowest BCUT2D eigenvalue weighted by molar-refractivity contribution is 0.0734. The molecule has 198 valence electrons. The fraction of sp³-hybridized carbons (Fsp3) is 0. The number of carbonyl (C=O) groups excluding carboxylic acids is 2. The fourth-order valence-corrected chi connectivity index (χ4v) is 4.98. The minimum Gasteiger partial charge on any atom is -0.422 e. The van der Waals surface area contributed by atoms with Crippen molar-refractivity contribution in [1.29, 1.82) is 0 Å². The van der Waals surface area contributed by atoms with Crippen LogP contribution in [0.25, 0.3) is 0 Å². The monoisotopic (exact) mass is 645 g/mol. The maximum Gasteiger partial charge on any atom is 0.343 e. The molecule has 2 N–H and O–H groups in total. The van der Waals surface area contributed by atoms with Gasteiger partial charge >= 0.3 is 5.97 Å². The van der Waals surface area contributed by atoms with Crippen LogP contribution in [-0.2, 0) is 10.0 Å². The summed E-state index contributed by atoms with van der Waals surface area (Å²) in [6, 6.07) is 22.8. The summed E-state index contributed by atoms with van der Waals surface area (Å²) in [5, 5.41) is 4.84. The van der Waals surface area contributed by atoms with Crippen molar-refractivity contribution < 1.29 is 22.7 Å². The maximum absolute atomic E-state index is 12.9. The van der Waals surface area contributed by atoms with Gasteiger partial charge in [0.15, 0.2) is 0 Å². The average Bonchev–Trinajstić information content (AvgIpc) is 2.90. The Bertz CT molecular complexity index is 1660. The number of nitrogens with one attached hydrogen (secondary N) is 2. The van der Waals surface area contributed by atoms with Crippen molar-refractivity contribution in [3.8, 4) is 5.75 Å². The first-order valence-electron chi connectivity index (χ1n) is 11.1. The van der Waals surface area contributed by atoms with Crippen molar-refractivity contribution >= 4 is 72.9 Å². The molecule has 0 aliphatic heterocycles. The van der Waals surface area contributed by atoms with E-state index in [9.17, 15) is 18.0 Å². The van der Waals surface area contributed by atoms with Gasteiger partial charge in [0.05, 0.1) is 27.9 Å². The summed E-state index contributed by atoms with van der Waals surface area (Å²) >= 11 is 15.1. The topological polar surface area (TPSA) is 114 Å². The minimum atomic E-state index is -3.98. The Morgan fingerprint density at radius 1 is 0.872 bits per heavy atom. The van der Waals surface area contributed by atoms with E-state index in [-0.39, 0.29) is 21.9 Å². The molecule has 0 spiro atoms. The highest BCUT2D eigenvalue weighted by Gasteiger charge is 2.19. The fourth-order valence-electron chi connectivity index (χ4n) is 3.27. The second-order valence-electron chi connectivity index (χ2n) is 7.88. The molecule has 4 aromatic carbocycles. The van der Waals surface area contributed by atoms with E-state index in [1.165, 1.54) is 54.7 Å². The normalized spacial score (nSPS) is 11.3. The van der Waals surface area contributed by atoms with Gasteiger partial charge in [0.1, 0.15) is 5.75 Å². The summed E-state index contributed by atoms with van der Waals surface area (Å²) in [5.41, 5.74) is 3.15. The second kappa shape index (κ2) is 12.4. The van der Waals surface area contributed by atoms with Crippen molar-refractivity contribution in [3.63, 3.8) is 0 Å². The zero-order valence-corrected chi connectivity index (χ0v) is 23.7. The Morgan fingerprint density at radius 2 is 1.51 bits per heavy atom. The highest BCUT2D eigenvalue weighted by Crippen LogP contribution is 2.24. The van der Waals surface area contributed by atoms with Gasteiger partial charge in [0.2, 0.25) is 0 Å². The molecular weight excluding hydrogens is 629 g/mol. The van der Waals surface area contributed by atoms with E-state index < -0.39 is 21.9 Å². The number of para-hydroxylation sites is 1. The van der Waals surface area contributed by atoms with Crippen molar-refractivity contribution in [2.45, 2.75) is 4.90 Å². The number of nitrogens with zero attached hydrogens (tertiary/aromatic N) is 1. The van der Waals surface area contributed by atoms with Gasteiger partial charge in [-0.3, -0.25) is 9.52 Å². The molecule has 0 aliphatic carbocycles. The summed E-state index contributed by atoms with van der Waals surface area (Å²) in [6.07, 6.45) is 1.30. The van der Waals surface area contributed by atoms with E-state index in [0.29, 0.717) is 25.6 Å². The van der Waals surface area contributed by atoms with Gasteiger partial charge in [-0.1, -0.05) is 51.3 Å². The van der Waals surface area contributed by atoms with E-state index in [0.717, 1.165) is 0 Å². The number of rotatable bonds is 8. The van der Waals surface area contributed by atoms with Crippen LogP contribution in [0.5, 0.6) is 5.75 Å². The number of esters is 1. The van der Waals surface area contributed by atoms with Gasteiger partial charge in [-0.15, -0.1) is 0 Å². The van der Waals surface area contributed by atoms with Crippen LogP contribution >= 0.6 is 39.1 Å². The molecule has 0 aliphatic rings. The Labute approximate surface area is 242 Å². The van der Waals surface area contributed by atoms with Crippen molar-refractivity contribution in [2.24, 2.45) is 5.10 Å². The number of carbonyl (C=O) groups is 2. The first kappa shape index (κ1) is 28.3. The number of amides is 1. The molecule has 1 amide bonds. The minimum absolute atomic E-state index is 0.0181. The molecule has 0 aromatic heterocycles. The average molecular weight is 647 g/mol. The lowest BCUT2D eigenvalue weighted by atomic mass is 10.2. The molecule has 0 radical (unpaired) electrons. The van der Waals surface area contributed by atoms with E-state index >= 15 is 0 Å². The van der Waals surface area contributed by atoms with Gasteiger partial charge < -0.3 is 4.74 Å². The molecule has 0 fully saturated rings. The van der Waals surface area contributed by atoms with Crippen molar-refractivity contribution in [3.05, 3.63) is 122 Å². The smallest absolute Gasteiger partial charge is 0.343 e. The van der Waals surface area contributed by atoms with E-state index in [1.54, 1.807) is 42.5 Å². The Hall–Kier alpha value is -3.70. The van der Waals surface area contributed by atoms with Gasteiger partial charge in [0.25, 0.3) is 15.9 Å². The van der Waals surface area contributed by atoms with Gasteiger partial charge in [0, 0.05) is 20.1 Å². The van der Waals surface area contributed by atoms with Gasteiger partial charge in [-0.25, -0.2) is 18.6 Å². The Morgan fingerprint density at radius 3 is 2.21 bits per heavy atom. The number of halogens is 3. The van der Waals surface area contributed by atoms with Crippen LogP contribution in [-0.4, -0.2) is 26.5 Å². The zero-order chi connectivity index (χ0) is 28.0. The summed E-state index contributed by atoms with van der Waals surface area (Å²) in [4.78, 5) is 25.4. The van der Waals surface area contributed by atoms with Gasteiger partial charge in [-0.05, 0) is 78.9 Å². The molecule has 0 heterocycles. The predicted molar refractivity (Wildman–Crippen MR) is 154 cm³/mol. The standard InChI is InChI=1S/C27H18BrCl2N3O5S/c28-19-7-14-25(38-27(35)17-5-8-20(29)9-6-17)18(15-19)16-31-32-26(34)23-3-1-2-4-24(23)33-39(36,37)22-12-10-21(30)11-13-22/h1-16,33H,(H,32,34)/b31-16+. The number of ether oxygens (including phenoxy) is 1. The lowest BCUT2D eigenvalue weighted by Gasteiger charge is -2.12. The largest absolute Gasteiger partial charge is 0.422 e. The third kappa shape index (κ3) is 7.45. The summed E-state index contributed by atoms with van der Waals surface area (Å²) in [5.74, 6) is -1.07. The number of hydrazone groups is 1. The molecule has 12 heteroatoms. The summed E-state index contributed by atoms with van der Waals surface area (Å²) < 4.78 is 34.2. The molecule has 4 aromatic rings. The molecule has 0 unspecified atom stereocenters. The van der Waals surface area contributed by atoms with Crippen LogP contribution in [0.1, 0.15) is 26.3 Å². The predicted octanol–water partition coefficient (Wildman–Crippen LogP) is 6.54. The van der Waals surface area contributed by atoms with E-state index in [1.807, 2.05) is 0 Å². The SMILES string of the molecule is O=C(Oc1ccc(Br)cc1/C=N/NC(=O)c1ccccc1NS(=O)(=O)c1ccc(Cl)cc1)c1ccc(Cl)cc1. The summed E-state index contributed by atoms with van der Waals surface area (Å²) in [6.45, 7) is 0. The quantitative estimate of drug-likeness (QED) is 0.0977. The molecule has 0 saturated heterocycles. The molecule has 39 heavy (non-hydrogen) atoms. The van der Waals surface area contributed by atoms with Crippen LogP contribution in [0.15, 0.2) is 105 Å². The zero-order valence-electron chi connectivity index (χ0n) is 19.8. The Balaban J connectivity index is 1.50. The van der Waals surface area contributed by atoms with Crippen LogP contribution in [0.4, 0.5) is 5.69 Å².